The summed E-state index contributed by atoms with van der Waals surface area (Å²) in [6.07, 6.45) is 0.455. The van der Waals surface area contributed by atoms with Gasteiger partial charge in [-0.15, -0.1) is 0 Å². The Morgan fingerprint density at radius 3 is 2.56 bits per heavy atom. The van der Waals surface area contributed by atoms with E-state index in [9.17, 15) is 17.6 Å². The normalized spacial score (nSPS) is 22.4. The number of carbonyl (C=O) groups is 1. The number of hydrogen-bond donors (Lipinski definition) is 0. The molecule has 1 aromatic carbocycles. The molecule has 1 saturated heterocycles. The van der Waals surface area contributed by atoms with E-state index in [1.165, 1.54) is 12.1 Å². The van der Waals surface area contributed by atoms with Gasteiger partial charge >= 0.3 is 5.97 Å². The van der Waals surface area contributed by atoms with Gasteiger partial charge in [0.15, 0.2) is 9.84 Å². The van der Waals surface area contributed by atoms with Crippen molar-refractivity contribution in [2.75, 3.05) is 11.5 Å². The Hall–Kier alpha value is -1.43. The van der Waals surface area contributed by atoms with Gasteiger partial charge in [-0.25, -0.2) is 17.6 Å². The second-order valence-electron chi connectivity index (χ2n) is 4.29. The first kappa shape index (κ1) is 13.0. The van der Waals surface area contributed by atoms with Crippen LogP contribution in [0.4, 0.5) is 4.39 Å². The summed E-state index contributed by atoms with van der Waals surface area (Å²) in [6.45, 7) is 0. The monoisotopic (exact) mass is 272 g/mol. The van der Waals surface area contributed by atoms with Gasteiger partial charge in [0.25, 0.3) is 0 Å². The van der Waals surface area contributed by atoms with Crippen LogP contribution >= 0.6 is 0 Å². The van der Waals surface area contributed by atoms with Crippen LogP contribution in [-0.4, -0.2) is 32.0 Å². The van der Waals surface area contributed by atoms with Gasteiger partial charge in [-0.2, -0.15) is 0 Å². The molecule has 0 spiro atoms. The fraction of sp³-hybridized carbons (Fsp3) is 0.417. The number of hydrogen-bond acceptors (Lipinski definition) is 4. The number of benzene rings is 1. The summed E-state index contributed by atoms with van der Waals surface area (Å²) < 4.78 is 40.6. The van der Waals surface area contributed by atoms with Crippen molar-refractivity contribution in [1.29, 1.82) is 0 Å². The molecule has 1 fully saturated rings. The largest absolute Gasteiger partial charge is 0.458 e. The molecule has 0 N–H and O–H groups in total. The maximum atomic E-state index is 12.7. The standard InChI is InChI=1S/C12H13FO4S/c13-10-5-3-9(4-6-10)12(14)17-11-2-1-7-18(15,16)8-11/h3-6,11H,1-2,7-8H2/t11-/m1/s1. The Bertz CT molecular complexity index is 536. The summed E-state index contributed by atoms with van der Waals surface area (Å²) >= 11 is 0. The molecule has 98 valence electrons. The minimum atomic E-state index is -3.10. The maximum absolute atomic E-state index is 12.7. The van der Waals surface area contributed by atoms with Crippen molar-refractivity contribution in [3.05, 3.63) is 35.6 Å². The highest BCUT2D eigenvalue weighted by Gasteiger charge is 2.27. The van der Waals surface area contributed by atoms with Gasteiger partial charge in [-0.05, 0) is 37.1 Å². The summed E-state index contributed by atoms with van der Waals surface area (Å²) in [7, 11) is -3.10. The van der Waals surface area contributed by atoms with E-state index in [0.717, 1.165) is 12.1 Å². The van der Waals surface area contributed by atoms with Gasteiger partial charge in [0.05, 0.1) is 17.1 Å². The van der Waals surface area contributed by atoms with E-state index in [4.69, 9.17) is 4.74 Å². The topological polar surface area (TPSA) is 60.4 Å². The molecule has 1 aliphatic rings. The van der Waals surface area contributed by atoms with Gasteiger partial charge in [-0.1, -0.05) is 0 Å². The van der Waals surface area contributed by atoms with Gasteiger partial charge in [-0.3, -0.25) is 0 Å². The van der Waals surface area contributed by atoms with Crippen molar-refractivity contribution in [1.82, 2.24) is 0 Å². The van der Waals surface area contributed by atoms with Gasteiger partial charge in [0.1, 0.15) is 11.9 Å². The zero-order valence-corrected chi connectivity index (χ0v) is 10.5. The second kappa shape index (κ2) is 5.06. The average molecular weight is 272 g/mol. The van der Waals surface area contributed by atoms with Gasteiger partial charge in [0, 0.05) is 0 Å². The van der Waals surface area contributed by atoms with Crippen LogP contribution in [0, 0.1) is 5.82 Å². The summed E-state index contributed by atoms with van der Waals surface area (Å²) in [5.74, 6) is -1.03. The van der Waals surface area contributed by atoms with Crippen LogP contribution in [0.2, 0.25) is 0 Å². The molecule has 0 saturated carbocycles. The SMILES string of the molecule is O=C(O[C@@H]1CCCS(=O)(=O)C1)c1ccc(F)cc1. The lowest BCUT2D eigenvalue weighted by molar-refractivity contribution is 0.0323. The molecule has 18 heavy (non-hydrogen) atoms. The summed E-state index contributed by atoms with van der Waals surface area (Å²) in [5.41, 5.74) is 0.222. The molecule has 1 heterocycles. The molecule has 0 aliphatic carbocycles. The van der Waals surface area contributed by atoms with E-state index in [2.05, 4.69) is 0 Å². The third-order valence-electron chi connectivity index (χ3n) is 2.77. The second-order valence-corrected chi connectivity index (χ2v) is 6.52. The number of halogens is 1. The minimum absolute atomic E-state index is 0.125. The van der Waals surface area contributed by atoms with E-state index in [1.807, 2.05) is 0 Å². The predicted octanol–water partition coefficient (Wildman–Crippen LogP) is 1.56. The molecule has 1 aromatic rings. The molecule has 0 bridgehead atoms. The Kier molecular flexibility index (Phi) is 3.65. The summed E-state index contributed by atoms with van der Waals surface area (Å²) in [6, 6.07) is 4.95. The first-order chi connectivity index (χ1) is 8.46. The number of rotatable bonds is 2. The molecule has 1 atom stereocenters. The Morgan fingerprint density at radius 2 is 1.94 bits per heavy atom. The zero-order chi connectivity index (χ0) is 13.2. The fourth-order valence-corrected chi connectivity index (χ4v) is 3.45. The zero-order valence-electron chi connectivity index (χ0n) is 9.63. The third-order valence-corrected chi connectivity index (χ3v) is 4.57. The Morgan fingerprint density at radius 1 is 1.28 bits per heavy atom. The number of sulfone groups is 1. The van der Waals surface area contributed by atoms with E-state index in [1.54, 1.807) is 0 Å². The Balaban J connectivity index is 2.01. The van der Waals surface area contributed by atoms with Crippen LogP contribution in [0.3, 0.4) is 0 Å². The molecule has 1 aliphatic heterocycles. The molecule has 0 unspecified atom stereocenters. The summed E-state index contributed by atoms with van der Waals surface area (Å²) in [4.78, 5) is 11.7. The van der Waals surface area contributed by atoms with E-state index in [0.29, 0.717) is 12.8 Å². The van der Waals surface area contributed by atoms with Crippen LogP contribution in [0.15, 0.2) is 24.3 Å². The van der Waals surface area contributed by atoms with E-state index >= 15 is 0 Å². The summed E-state index contributed by atoms with van der Waals surface area (Å²) in [5, 5.41) is 0. The van der Waals surface area contributed by atoms with Gasteiger partial charge < -0.3 is 4.74 Å². The van der Waals surface area contributed by atoms with Crippen LogP contribution in [0.1, 0.15) is 23.2 Å². The highest BCUT2D eigenvalue weighted by Crippen LogP contribution is 2.17. The van der Waals surface area contributed by atoms with Crippen molar-refractivity contribution in [2.45, 2.75) is 18.9 Å². The highest BCUT2D eigenvalue weighted by molar-refractivity contribution is 7.91. The lowest BCUT2D eigenvalue weighted by Crippen LogP contribution is -2.33. The van der Waals surface area contributed by atoms with E-state index in [-0.39, 0.29) is 17.1 Å². The average Bonchev–Trinajstić information content (AvgIpc) is 2.28. The quantitative estimate of drug-likeness (QED) is 0.767. The van der Waals surface area contributed by atoms with Crippen LogP contribution in [0.25, 0.3) is 0 Å². The molecule has 2 rings (SSSR count). The lowest BCUT2D eigenvalue weighted by atomic mass is 10.2. The van der Waals surface area contributed by atoms with Crippen LogP contribution in [0.5, 0.6) is 0 Å². The first-order valence-electron chi connectivity index (χ1n) is 5.63. The maximum Gasteiger partial charge on any atom is 0.338 e. The molecular weight excluding hydrogens is 259 g/mol. The molecule has 0 radical (unpaired) electrons. The highest BCUT2D eigenvalue weighted by atomic mass is 32.2. The van der Waals surface area contributed by atoms with Crippen molar-refractivity contribution < 1.29 is 22.3 Å². The molecular formula is C12H13FO4S. The number of ether oxygens (including phenoxy) is 1. The van der Waals surface area contributed by atoms with Crippen molar-refractivity contribution in [3.63, 3.8) is 0 Å². The van der Waals surface area contributed by atoms with Crippen molar-refractivity contribution in [3.8, 4) is 0 Å². The van der Waals surface area contributed by atoms with E-state index < -0.39 is 27.7 Å². The molecule has 0 aromatic heterocycles. The van der Waals surface area contributed by atoms with Crippen LogP contribution < -0.4 is 0 Å². The Labute approximate surface area is 105 Å². The number of carbonyl (C=O) groups excluding carboxylic acids is 1. The number of esters is 1. The van der Waals surface area contributed by atoms with Crippen molar-refractivity contribution in [2.24, 2.45) is 0 Å². The smallest absolute Gasteiger partial charge is 0.338 e. The minimum Gasteiger partial charge on any atom is -0.458 e. The lowest BCUT2D eigenvalue weighted by Gasteiger charge is -2.22. The molecule has 6 heteroatoms. The molecule has 0 amide bonds. The first-order valence-corrected chi connectivity index (χ1v) is 7.45. The van der Waals surface area contributed by atoms with Crippen molar-refractivity contribution >= 4 is 15.8 Å². The third kappa shape index (κ3) is 3.29. The molecule has 4 nitrogen and oxygen atoms in total. The van der Waals surface area contributed by atoms with Crippen LogP contribution in [-0.2, 0) is 14.6 Å². The predicted molar refractivity (Wildman–Crippen MR) is 63.5 cm³/mol. The van der Waals surface area contributed by atoms with Gasteiger partial charge in [0.2, 0.25) is 0 Å². The fourth-order valence-electron chi connectivity index (χ4n) is 1.88.